The van der Waals surface area contributed by atoms with Gasteiger partial charge in [0, 0.05) is 43.7 Å². The van der Waals surface area contributed by atoms with Crippen molar-refractivity contribution in [2.45, 2.75) is 24.9 Å². The zero-order valence-electron chi connectivity index (χ0n) is 14.2. The molecule has 130 valence electrons. The standard InChI is InChI=1S/C20H23N3O2/c21-16-7-5-15(6-8-16)9-12-23-13-10-20(11-14-23)17-3-1-2-4-18(17)22-19(24)25-20/h1-8H,9-14,21H2,(H,22,24). The van der Waals surface area contributed by atoms with E-state index in [1.807, 2.05) is 30.3 Å². The van der Waals surface area contributed by atoms with Crippen LogP contribution in [0.5, 0.6) is 0 Å². The minimum Gasteiger partial charge on any atom is -0.438 e. The lowest BCUT2D eigenvalue weighted by molar-refractivity contribution is -0.0375. The van der Waals surface area contributed by atoms with Gasteiger partial charge in [0.05, 0.1) is 5.69 Å². The van der Waals surface area contributed by atoms with Crippen molar-refractivity contribution < 1.29 is 9.53 Å². The second-order valence-corrected chi connectivity index (χ2v) is 6.89. The minimum absolute atomic E-state index is 0.339. The summed E-state index contributed by atoms with van der Waals surface area (Å²) in [7, 11) is 0. The van der Waals surface area contributed by atoms with Crippen LogP contribution in [0, 0.1) is 0 Å². The molecule has 5 nitrogen and oxygen atoms in total. The van der Waals surface area contributed by atoms with Crippen LogP contribution < -0.4 is 11.1 Å². The summed E-state index contributed by atoms with van der Waals surface area (Å²) in [5, 5.41) is 2.81. The van der Waals surface area contributed by atoms with Gasteiger partial charge in [-0.1, -0.05) is 30.3 Å². The summed E-state index contributed by atoms with van der Waals surface area (Å²) in [5.74, 6) is 0. The number of rotatable bonds is 3. The van der Waals surface area contributed by atoms with Crippen LogP contribution in [0.1, 0.15) is 24.0 Å². The molecular weight excluding hydrogens is 314 g/mol. The number of hydrogen-bond acceptors (Lipinski definition) is 4. The second kappa shape index (κ2) is 6.41. The van der Waals surface area contributed by atoms with Gasteiger partial charge in [-0.2, -0.15) is 0 Å². The molecule has 0 bridgehead atoms. The molecule has 2 aliphatic heterocycles. The number of piperidine rings is 1. The van der Waals surface area contributed by atoms with Crippen molar-refractivity contribution in [3.8, 4) is 0 Å². The van der Waals surface area contributed by atoms with Crippen molar-refractivity contribution in [3.63, 3.8) is 0 Å². The fraction of sp³-hybridized carbons (Fsp3) is 0.350. The number of anilines is 2. The maximum absolute atomic E-state index is 12.0. The van der Waals surface area contributed by atoms with Gasteiger partial charge in [-0.05, 0) is 30.2 Å². The zero-order valence-corrected chi connectivity index (χ0v) is 14.2. The smallest absolute Gasteiger partial charge is 0.412 e. The Hall–Kier alpha value is -2.53. The molecule has 5 heteroatoms. The molecule has 0 radical (unpaired) electrons. The van der Waals surface area contributed by atoms with Crippen LogP contribution in [0.25, 0.3) is 0 Å². The Bertz CT molecular complexity index is 765. The monoisotopic (exact) mass is 337 g/mol. The van der Waals surface area contributed by atoms with Gasteiger partial charge in [-0.3, -0.25) is 5.32 Å². The van der Waals surface area contributed by atoms with Gasteiger partial charge >= 0.3 is 6.09 Å². The molecule has 25 heavy (non-hydrogen) atoms. The van der Waals surface area contributed by atoms with E-state index < -0.39 is 5.60 Å². The molecule has 4 rings (SSSR count). The quantitative estimate of drug-likeness (QED) is 0.843. The molecule has 1 spiro atoms. The minimum atomic E-state index is -0.476. The fourth-order valence-corrected chi connectivity index (χ4v) is 3.84. The lowest BCUT2D eigenvalue weighted by Crippen LogP contribution is -2.48. The van der Waals surface area contributed by atoms with Crippen molar-refractivity contribution in [1.82, 2.24) is 4.90 Å². The van der Waals surface area contributed by atoms with Crippen LogP contribution in [0.3, 0.4) is 0 Å². The predicted molar refractivity (Wildman–Crippen MR) is 98.5 cm³/mol. The number of amides is 1. The summed E-state index contributed by atoms with van der Waals surface area (Å²) in [6.07, 6.45) is 2.33. The lowest BCUT2D eigenvalue weighted by Gasteiger charge is -2.44. The topological polar surface area (TPSA) is 67.6 Å². The van der Waals surface area contributed by atoms with Gasteiger partial charge in [0.25, 0.3) is 0 Å². The van der Waals surface area contributed by atoms with Crippen molar-refractivity contribution in [2.24, 2.45) is 0 Å². The summed E-state index contributed by atoms with van der Waals surface area (Å²) in [5.41, 5.74) is 9.35. The number of nitrogens with two attached hydrogens (primary N) is 1. The molecule has 0 aromatic heterocycles. The van der Waals surface area contributed by atoms with E-state index in [4.69, 9.17) is 10.5 Å². The highest BCUT2D eigenvalue weighted by Crippen LogP contribution is 2.43. The van der Waals surface area contributed by atoms with Gasteiger partial charge in [-0.25, -0.2) is 4.79 Å². The van der Waals surface area contributed by atoms with Crippen molar-refractivity contribution in [3.05, 3.63) is 59.7 Å². The predicted octanol–water partition coefficient (Wildman–Crippen LogP) is 3.36. The molecule has 3 N–H and O–H groups in total. The molecule has 0 unspecified atom stereocenters. The molecule has 1 fully saturated rings. The number of benzene rings is 2. The van der Waals surface area contributed by atoms with Crippen LogP contribution in [0.2, 0.25) is 0 Å². The first-order valence-corrected chi connectivity index (χ1v) is 8.81. The van der Waals surface area contributed by atoms with Crippen LogP contribution in [-0.2, 0) is 16.8 Å². The maximum atomic E-state index is 12.0. The van der Waals surface area contributed by atoms with E-state index in [1.54, 1.807) is 0 Å². The largest absolute Gasteiger partial charge is 0.438 e. The Morgan fingerprint density at radius 1 is 1.08 bits per heavy atom. The first-order valence-electron chi connectivity index (χ1n) is 8.81. The molecule has 2 aliphatic rings. The molecule has 1 amide bonds. The van der Waals surface area contributed by atoms with Crippen molar-refractivity contribution in [1.29, 1.82) is 0 Å². The highest BCUT2D eigenvalue weighted by molar-refractivity contribution is 5.88. The van der Waals surface area contributed by atoms with E-state index in [9.17, 15) is 4.79 Å². The molecule has 0 atom stereocenters. The van der Waals surface area contributed by atoms with Gasteiger partial charge in [0.2, 0.25) is 0 Å². The third-order valence-corrected chi connectivity index (χ3v) is 5.30. The number of hydrogen-bond donors (Lipinski definition) is 2. The average Bonchev–Trinajstić information content (AvgIpc) is 2.62. The van der Waals surface area contributed by atoms with Crippen molar-refractivity contribution >= 4 is 17.5 Å². The van der Waals surface area contributed by atoms with E-state index >= 15 is 0 Å². The summed E-state index contributed by atoms with van der Waals surface area (Å²) in [6, 6.07) is 16.0. The SMILES string of the molecule is Nc1ccc(CCN2CCC3(CC2)OC(=O)Nc2ccccc23)cc1. The van der Waals surface area contributed by atoms with E-state index in [-0.39, 0.29) is 6.09 Å². The van der Waals surface area contributed by atoms with Crippen LogP contribution in [0.4, 0.5) is 16.2 Å². The molecule has 2 aromatic carbocycles. The molecular formula is C20H23N3O2. The Kier molecular flexibility index (Phi) is 4.09. The second-order valence-electron chi connectivity index (χ2n) is 6.89. The summed E-state index contributed by atoms with van der Waals surface area (Å²) >= 11 is 0. The number of nitrogen functional groups attached to an aromatic ring is 1. The van der Waals surface area contributed by atoms with Gasteiger partial charge in [0.15, 0.2) is 0 Å². The van der Waals surface area contributed by atoms with Crippen LogP contribution in [0.15, 0.2) is 48.5 Å². The lowest BCUT2D eigenvalue weighted by atomic mass is 9.82. The van der Waals surface area contributed by atoms with Crippen LogP contribution in [-0.4, -0.2) is 30.6 Å². The summed E-state index contributed by atoms with van der Waals surface area (Å²) in [4.78, 5) is 14.4. The van der Waals surface area contributed by atoms with Gasteiger partial charge < -0.3 is 15.4 Å². The Balaban J connectivity index is 1.41. The number of likely N-dealkylation sites (tertiary alicyclic amines) is 1. The Morgan fingerprint density at radius 2 is 1.80 bits per heavy atom. The van der Waals surface area contributed by atoms with E-state index in [0.29, 0.717) is 0 Å². The number of fused-ring (bicyclic) bond motifs is 2. The Labute approximate surface area is 147 Å². The normalized spacial score (nSPS) is 19.1. The van der Waals surface area contributed by atoms with Crippen LogP contribution >= 0.6 is 0 Å². The third-order valence-electron chi connectivity index (χ3n) is 5.30. The first kappa shape index (κ1) is 16.0. The maximum Gasteiger partial charge on any atom is 0.412 e. The zero-order chi connectivity index (χ0) is 17.3. The Morgan fingerprint density at radius 3 is 2.56 bits per heavy atom. The molecule has 2 aromatic rings. The molecule has 0 saturated carbocycles. The van der Waals surface area contributed by atoms with E-state index in [0.717, 1.165) is 55.8 Å². The molecule has 0 aliphatic carbocycles. The number of carbonyl (C=O) groups is 1. The highest BCUT2D eigenvalue weighted by Gasteiger charge is 2.44. The number of nitrogens with zero attached hydrogens (tertiary/aromatic N) is 1. The number of nitrogens with one attached hydrogen (secondary N) is 1. The van der Waals surface area contributed by atoms with E-state index in [1.165, 1.54) is 5.56 Å². The van der Waals surface area contributed by atoms with Gasteiger partial charge in [0.1, 0.15) is 5.60 Å². The fourth-order valence-electron chi connectivity index (χ4n) is 3.84. The third kappa shape index (κ3) is 3.20. The first-order chi connectivity index (χ1) is 12.1. The highest BCUT2D eigenvalue weighted by atomic mass is 16.6. The molecule has 1 saturated heterocycles. The number of para-hydroxylation sites is 1. The summed E-state index contributed by atoms with van der Waals surface area (Å²) < 4.78 is 5.77. The van der Waals surface area contributed by atoms with E-state index in [2.05, 4.69) is 28.4 Å². The number of ether oxygens (including phenoxy) is 1. The molecule has 2 heterocycles. The average molecular weight is 337 g/mol. The van der Waals surface area contributed by atoms with Gasteiger partial charge in [-0.15, -0.1) is 0 Å². The van der Waals surface area contributed by atoms with Crippen molar-refractivity contribution in [2.75, 3.05) is 30.7 Å². The number of carbonyl (C=O) groups excluding carboxylic acids is 1. The summed E-state index contributed by atoms with van der Waals surface area (Å²) in [6.45, 7) is 2.86.